The molecule has 4 rings (SSSR count). The van der Waals surface area contributed by atoms with Crippen molar-refractivity contribution in [2.75, 3.05) is 0 Å². The normalized spacial score (nSPS) is 13.6. The molecule has 8 heteroatoms. The highest BCUT2D eigenvalue weighted by molar-refractivity contribution is 7.86. The molecule has 0 saturated heterocycles. The average Bonchev–Trinajstić information content (AvgIpc) is 2.83. The van der Waals surface area contributed by atoms with Crippen LogP contribution in [0.3, 0.4) is 0 Å². The van der Waals surface area contributed by atoms with E-state index in [0.29, 0.717) is 10.8 Å². The van der Waals surface area contributed by atoms with Crippen LogP contribution < -0.4 is 0 Å². The van der Waals surface area contributed by atoms with Crippen LogP contribution in [0, 0.1) is 0 Å². The van der Waals surface area contributed by atoms with Crippen LogP contribution in [0.25, 0.3) is 21.5 Å². The van der Waals surface area contributed by atoms with Crippen LogP contribution in [-0.4, -0.2) is 25.9 Å². The Bertz CT molecular complexity index is 1920. The standard InChI is InChI=1S/2C18H24O3S/c1-17(2,3)13-7-8-15-12(9-13)10-14(18(4,5)6)11-16(15)22(19,20)21;1-17(2,3)13-8-7-12-9-14(18(4,5)6)11-16(15(12)10-13)22(19,20)21/h2*7-11H,1-6H3,(H,19,20,21). The van der Waals surface area contributed by atoms with E-state index in [4.69, 9.17) is 0 Å². The molecule has 4 aromatic rings. The van der Waals surface area contributed by atoms with Gasteiger partial charge in [-0.15, -0.1) is 0 Å². The van der Waals surface area contributed by atoms with Gasteiger partial charge in [-0.1, -0.05) is 126 Å². The number of rotatable bonds is 2. The molecular formula is C36H48O6S2. The first-order valence-corrected chi connectivity index (χ1v) is 17.6. The van der Waals surface area contributed by atoms with Crippen LogP contribution in [-0.2, 0) is 41.9 Å². The molecule has 0 aliphatic rings. The van der Waals surface area contributed by atoms with E-state index in [-0.39, 0.29) is 31.5 Å². The Morgan fingerprint density at radius 3 is 1.16 bits per heavy atom. The number of fused-ring (bicyclic) bond motifs is 2. The molecule has 0 aliphatic carbocycles. The first kappa shape index (κ1) is 35.7. The van der Waals surface area contributed by atoms with E-state index in [2.05, 4.69) is 41.5 Å². The lowest BCUT2D eigenvalue weighted by Crippen LogP contribution is -2.14. The fourth-order valence-corrected chi connectivity index (χ4v) is 6.35. The van der Waals surface area contributed by atoms with Gasteiger partial charge in [-0.2, -0.15) is 16.8 Å². The van der Waals surface area contributed by atoms with Crippen LogP contribution in [0.15, 0.2) is 70.5 Å². The maximum Gasteiger partial charge on any atom is 0.295 e. The Morgan fingerprint density at radius 2 is 0.750 bits per heavy atom. The molecule has 0 heterocycles. The smallest absolute Gasteiger partial charge is 0.282 e. The molecule has 44 heavy (non-hydrogen) atoms. The molecule has 0 spiro atoms. The summed E-state index contributed by atoms with van der Waals surface area (Å²) in [6.07, 6.45) is 0. The highest BCUT2D eigenvalue weighted by Gasteiger charge is 2.24. The van der Waals surface area contributed by atoms with Gasteiger partial charge in [0.15, 0.2) is 0 Å². The van der Waals surface area contributed by atoms with Crippen molar-refractivity contribution < 1.29 is 25.9 Å². The minimum Gasteiger partial charge on any atom is -0.282 e. The van der Waals surface area contributed by atoms with Crippen molar-refractivity contribution in [1.82, 2.24) is 0 Å². The predicted octanol–water partition coefficient (Wildman–Crippen LogP) is 9.36. The fraction of sp³-hybridized carbons (Fsp3) is 0.444. The van der Waals surface area contributed by atoms with E-state index < -0.39 is 20.2 Å². The third-order valence-corrected chi connectivity index (χ3v) is 9.64. The minimum absolute atomic E-state index is 0.0129. The van der Waals surface area contributed by atoms with E-state index in [1.54, 1.807) is 18.2 Å². The lowest BCUT2D eigenvalue weighted by atomic mass is 9.83. The van der Waals surface area contributed by atoms with Gasteiger partial charge in [-0.3, -0.25) is 9.11 Å². The molecule has 0 saturated carbocycles. The minimum atomic E-state index is -4.27. The fourth-order valence-electron chi connectivity index (χ4n) is 4.88. The maximum absolute atomic E-state index is 11.8. The molecule has 0 aromatic heterocycles. The van der Waals surface area contributed by atoms with Gasteiger partial charge in [0.05, 0.1) is 0 Å². The largest absolute Gasteiger partial charge is 0.295 e. The second-order valence-corrected chi connectivity index (χ2v) is 18.6. The van der Waals surface area contributed by atoms with E-state index in [1.165, 1.54) is 0 Å². The maximum atomic E-state index is 11.8. The summed E-state index contributed by atoms with van der Waals surface area (Å²) in [5.41, 5.74) is 3.43. The Hall–Kier alpha value is -2.78. The summed E-state index contributed by atoms with van der Waals surface area (Å²) in [5, 5.41) is 2.80. The van der Waals surface area contributed by atoms with Crippen molar-refractivity contribution in [3.63, 3.8) is 0 Å². The topological polar surface area (TPSA) is 109 Å². The van der Waals surface area contributed by atoms with Gasteiger partial charge >= 0.3 is 0 Å². The lowest BCUT2D eigenvalue weighted by Gasteiger charge is -2.23. The molecule has 240 valence electrons. The van der Waals surface area contributed by atoms with Gasteiger partial charge in [0, 0.05) is 10.8 Å². The van der Waals surface area contributed by atoms with Crippen molar-refractivity contribution in [2.24, 2.45) is 0 Å². The second-order valence-electron chi connectivity index (χ2n) is 15.8. The van der Waals surface area contributed by atoms with Crippen LogP contribution in [0.4, 0.5) is 0 Å². The number of benzene rings is 4. The Labute approximate surface area is 264 Å². The Kier molecular flexibility index (Phi) is 9.36. The van der Waals surface area contributed by atoms with E-state index >= 15 is 0 Å². The zero-order chi connectivity index (χ0) is 33.8. The van der Waals surface area contributed by atoms with Crippen LogP contribution >= 0.6 is 0 Å². The molecule has 6 nitrogen and oxygen atoms in total. The van der Waals surface area contributed by atoms with Crippen LogP contribution in [0.2, 0.25) is 0 Å². The zero-order valence-corrected chi connectivity index (χ0v) is 29.8. The summed E-state index contributed by atoms with van der Waals surface area (Å²) in [4.78, 5) is -0.0311. The third-order valence-electron chi connectivity index (χ3n) is 7.85. The van der Waals surface area contributed by atoms with E-state index in [9.17, 15) is 25.9 Å². The van der Waals surface area contributed by atoms with Gasteiger partial charge < -0.3 is 0 Å². The van der Waals surface area contributed by atoms with Crippen molar-refractivity contribution in [1.29, 1.82) is 0 Å². The molecule has 4 aromatic carbocycles. The molecular weight excluding hydrogens is 593 g/mol. The zero-order valence-electron chi connectivity index (χ0n) is 28.1. The summed E-state index contributed by atoms with van der Waals surface area (Å²) < 4.78 is 66.4. The SMILES string of the molecule is CC(C)(C)c1cc(S(=O)(=O)O)c2cc(C(C)(C)C)ccc2c1.CC(C)(C)c1ccc2c(S(=O)(=O)O)cc(C(C)(C)C)cc2c1. The summed E-state index contributed by atoms with van der Waals surface area (Å²) in [7, 11) is -8.53. The summed E-state index contributed by atoms with van der Waals surface area (Å²) in [6, 6.07) is 18.7. The van der Waals surface area contributed by atoms with Crippen molar-refractivity contribution >= 4 is 41.8 Å². The van der Waals surface area contributed by atoms with Gasteiger partial charge in [0.25, 0.3) is 20.2 Å². The van der Waals surface area contributed by atoms with E-state index in [1.807, 2.05) is 84.0 Å². The molecule has 0 radical (unpaired) electrons. The molecule has 0 atom stereocenters. The summed E-state index contributed by atoms with van der Waals surface area (Å²) in [5.74, 6) is 0. The van der Waals surface area contributed by atoms with Gasteiger partial charge in [0.1, 0.15) is 9.79 Å². The summed E-state index contributed by atoms with van der Waals surface area (Å²) >= 11 is 0. The number of hydrogen-bond donors (Lipinski definition) is 2. The van der Waals surface area contributed by atoms with Crippen LogP contribution in [0.5, 0.6) is 0 Å². The molecule has 2 N–H and O–H groups in total. The highest BCUT2D eigenvalue weighted by atomic mass is 32.2. The molecule has 0 bridgehead atoms. The predicted molar refractivity (Wildman–Crippen MR) is 182 cm³/mol. The van der Waals surface area contributed by atoms with Crippen molar-refractivity contribution in [3.05, 3.63) is 82.9 Å². The molecule has 0 unspecified atom stereocenters. The highest BCUT2D eigenvalue weighted by Crippen LogP contribution is 2.35. The monoisotopic (exact) mass is 640 g/mol. The van der Waals surface area contributed by atoms with Crippen molar-refractivity contribution in [2.45, 2.75) is 115 Å². The molecule has 0 fully saturated rings. The average molecular weight is 641 g/mol. The third kappa shape index (κ3) is 8.27. The van der Waals surface area contributed by atoms with Crippen LogP contribution in [0.1, 0.15) is 105 Å². The van der Waals surface area contributed by atoms with Crippen molar-refractivity contribution in [3.8, 4) is 0 Å². The van der Waals surface area contributed by atoms with Gasteiger partial charge in [-0.05, 0) is 72.9 Å². The number of hydrogen-bond acceptors (Lipinski definition) is 4. The Balaban J connectivity index is 0.000000240. The second kappa shape index (κ2) is 11.5. The molecule has 0 amide bonds. The van der Waals surface area contributed by atoms with Gasteiger partial charge in [0.2, 0.25) is 0 Å². The Morgan fingerprint density at radius 1 is 0.409 bits per heavy atom. The quantitative estimate of drug-likeness (QED) is 0.211. The first-order chi connectivity index (χ1) is 19.6. The van der Waals surface area contributed by atoms with E-state index in [0.717, 1.165) is 33.0 Å². The lowest BCUT2D eigenvalue weighted by molar-refractivity contribution is 0.481. The first-order valence-electron chi connectivity index (χ1n) is 14.7. The summed E-state index contributed by atoms with van der Waals surface area (Å²) in [6.45, 7) is 24.7. The van der Waals surface area contributed by atoms with Gasteiger partial charge in [-0.25, -0.2) is 0 Å². The molecule has 0 aliphatic heterocycles.